The number of halogens is 1. The zero-order valence-corrected chi connectivity index (χ0v) is 17.2. The van der Waals surface area contributed by atoms with E-state index in [1.807, 2.05) is 42.5 Å². The van der Waals surface area contributed by atoms with Gasteiger partial charge in [-0.3, -0.25) is 20.0 Å². The predicted molar refractivity (Wildman–Crippen MR) is 118 cm³/mol. The molecule has 0 atom stereocenters. The van der Waals surface area contributed by atoms with Crippen LogP contribution in [-0.4, -0.2) is 41.0 Å². The van der Waals surface area contributed by atoms with Crippen LogP contribution in [-0.2, 0) is 0 Å². The third-order valence-electron chi connectivity index (χ3n) is 5.26. The van der Waals surface area contributed by atoms with E-state index in [0.717, 1.165) is 30.8 Å². The molecule has 3 aromatic rings. The van der Waals surface area contributed by atoms with E-state index in [9.17, 15) is 10.1 Å². The maximum Gasteiger partial charge on any atom is 0.311 e. The highest BCUT2D eigenvalue weighted by Gasteiger charge is 2.18. The largest absolute Gasteiger partial charge is 0.485 e. The van der Waals surface area contributed by atoms with Crippen molar-refractivity contribution in [1.82, 2.24) is 9.88 Å². The van der Waals surface area contributed by atoms with Gasteiger partial charge in [-0.05, 0) is 61.8 Å². The molecule has 1 aromatic heterocycles. The van der Waals surface area contributed by atoms with Gasteiger partial charge in [0.15, 0.2) is 5.75 Å². The fourth-order valence-electron chi connectivity index (χ4n) is 3.61. The summed E-state index contributed by atoms with van der Waals surface area (Å²) in [6.45, 7) is 3.37. The molecule has 7 heteroatoms. The number of nitro groups is 1. The minimum absolute atomic E-state index is 0.0440. The Morgan fingerprint density at radius 1 is 1.00 bits per heavy atom. The van der Waals surface area contributed by atoms with Crippen LogP contribution in [0.15, 0.2) is 60.8 Å². The molecule has 0 aliphatic carbocycles. The Balaban J connectivity index is 1.50. The molecule has 6 nitrogen and oxygen atoms in total. The summed E-state index contributed by atoms with van der Waals surface area (Å²) in [7, 11) is 0. The first-order chi connectivity index (χ1) is 14.6. The first-order valence-corrected chi connectivity index (χ1v) is 10.3. The van der Waals surface area contributed by atoms with Crippen molar-refractivity contribution in [2.24, 2.45) is 0 Å². The first kappa shape index (κ1) is 20.3. The molecular weight excluding hydrogens is 402 g/mol. The Hall–Kier alpha value is -2.96. The van der Waals surface area contributed by atoms with Gasteiger partial charge >= 0.3 is 5.69 Å². The van der Waals surface area contributed by atoms with Gasteiger partial charge in [-0.1, -0.05) is 29.8 Å². The van der Waals surface area contributed by atoms with Crippen molar-refractivity contribution in [3.8, 4) is 28.1 Å². The number of aromatic nitrogens is 1. The summed E-state index contributed by atoms with van der Waals surface area (Å²) in [6.07, 6.45) is 4.17. The Bertz CT molecular complexity index is 1020. The summed E-state index contributed by atoms with van der Waals surface area (Å²) < 4.78 is 5.72. The van der Waals surface area contributed by atoms with E-state index in [1.54, 1.807) is 12.3 Å². The van der Waals surface area contributed by atoms with Crippen LogP contribution in [0.2, 0.25) is 5.02 Å². The molecule has 0 saturated carbocycles. The van der Waals surface area contributed by atoms with E-state index in [1.165, 1.54) is 18.9 Å². The van der Waals surface area contributed by atoms with Gasteiger partial charge in [0.25, 0.3) is 0 Å². The number of likely N-dealkylation sites (tertiary alicyclic amines) is 1. The normalized spacial score (nSPS) is 14.0. The van der Waals surface area contributed by atoms with Crippen molar-refractivity contribution in [1.29, 1.82) is 0 Å². The van der Waals surface area contributed by atoms with Gasteiger partial charge in [-0.15, -0.1) is 0 Å². The molecule has 0 unspecified atom stereocenters. The second-order valence-corrected chi connectivity index (χ2v) is 7.71. The van der Waals surface area contributed by atoms with Gasteiger partial charge in [0.2, 0.25) is 0 Å². The van der Waals surface area contributed by atoms with Crippen molar-refractivity contribution in [3.05, 3.63) is 75.9 Å². The zero-order chi connectivity index (χ0) is 20.9. The molecule has 0 bridgehead atoms. The molecular formula is C23H22ClN3O3. The second kappa shape index (κ2) is 9.24. The molecule has 0 amide bonds. The molecule has 1 fully saturated rings. The molecule has 2 heterocycles. The molecule has 154 valence electrons. The standard InChI is InChI=1S/C23H22ClN3O3/c24-20-7-3-17(4-8-20)19-5-9-21(25-16-19)18-6-10-23(22(15-18)27(28)29)30-14-13-26-11-1-2-12-26/h3-10,15-16H,1-2,11-14H2. The van der Waals surface area contributed by atoms with Crippen molar-refractivity contribution in [3.63, 3.8) is 0 Å². The van der Waals surface area contributed by atoms with Crippen LogP contribution in [0.25, 0.3) is 22.4 Å². The van der Waals surface area contributed by atoms with Crippen LogP contribution >= 0.6 is 11.6 Å². The summed E-state index contributed by atoms with van der Waals surface area (Å²) in [5.74, 6) is 0.292. The van der Waals surface area contributed by atoms with Crippen molar-refractivity contribution >= 4 is 17.3 Å². The van der Waals surface area contributed by atoms with Gasteiger partial charge in [0.1, 0.15) is 6.61 Å². The summed E-state index contributed by atoms with van der Waals surface area (Å²) in [6, 6.07) is 16.3. The van der Waals surface area contributed by atoms with E-state index in [4.69, 9.17) is 16.3 Å². The van der Waals surface area contributed by atoms with Gasteiger partial charge in [0, 0.05) is 35.0 Å². The highest BCUT2D eigenvalue weighted by Crippen LogP contribution is 2.32. The molecule has 0 radical (unpaired) electrons. The lowest BCUT2D eigenvalue weighted by Gasteiger charge is -2.15. The minimum Gasteiger partial charge on any atom is -0.485 e. The smallest absolute Gasteiger partial charge is 0.311 e. The van der Waals surface area contributed by atoms with Gasteiger partial charge in [-0.2, -0.15) is 0 Å². The number of ether oxygens (including phenoxy) is 1. The van der Waals surface area contributed by atoms with Crippen LogP contribution < -0.4 is 4.74 Å². The van der Waals surface area contributed by atoms with Gasteiger partial charge in [0.05, 0.1) is 10.6 Å². The molecule has 0 spiro atoms. The van der Waals surface area contributed by atoms with E-state index in [2.05, 4.69) is 9.88 Å². The number of hydrogen-bond donors (Lipinski definition) is 0. The average molecular weight is 424 g/mol. The van der Waals surface area contributed by atoms with Crippen LogP contribution in [0, 0.1) is 10.1 Å². The van der Waals surface area contributed by atoms with Crippen molar-refractivity contribution < 1.29 is 9.66 Å². The first-order valence-electron chi connectivity index (χ1n) is 9.96. The van der Waals surface area contributed by atoms with Gasteiger partial charge < -0.3 is 4.74 Å². The number of hydrogen-bond acceptors (Lipinski definition) is 5. The van der Waals surface area contributed by atoms with Crippen LogP contribution in [0.3, 0.4) is 0 Å². The molecule has 1 saturated heterocycles. The quantitative estimate of drug-likeness (QED) is 0.373. The molecule has 1 aliphatic rings. The number of benzene rings is 2. The fraction of sp³-hybridized carbons (Fsp3) is 0.261. The van der Waals surface area contributed by atoms with Crippen LogP contribution in [0.4, 0.5) is 5.69 Å². The highest BCUT2D eigenvalue weighted by atomic mass is 35.5. The maximum atomic E-state index is 11.6. The minimum atomic E-state index is -0.406. The predicted octanol–water partition coefficient (Wildman–Crippen LogP) is 5.45. The van der Waals surface area contributed by atoms with Crippen molar-refractivity contribution in [2.75, 3.05) is 26.2 Å². The maximum absolute atomic E-state index is 11.6. The Morgan fingerprint density at radius 3 is 2.37 bits per heavy atom. The number of pyridine rings is 1. The third kappa shape index (κ3) is 4.78. The summed E-state index contributed by atoms with van der Waals surface area (Å²) >= 11 is 5.94. The Labute approximate surface area is 180 Å². The third-order valence-corrected chi connectivity index (χ3v) is 5.51. The number of rotatable bonds is 7. The summed E-state index contributed by atoms with van der Waals surface area (Å²) in [5.41, 5.74) is 3.26. The molecule has 4 rings (SSSR count). The summed E-state index contributed by atoms with van der Waals surface area (Å²) in [5, 5.41) is 12.3. The summed E-state index contributed by atoms with van der Waals surface area (Å²) in [4.78, 5) is 18.0. The Kier molecular flexibility index (Phi) is 6.26. The van der Waals surface area contributed by atoms with Gasteiger partial charge in [-0.25, -0.2) is 0 Å². The van der Waals surface area contributed by atoms with E-state index in [0.29, 0.717) is 28.6 Å². The van der Waals surface area contributed by atoms with E-state index >= 15 is 0 Å². The lowest BCUT2D eigenvalue weighted by molar-refractivity contribution is -0.385. The highest BCUT2D eigenvalue weighted by molar-refractivity contribution is 6.30. The monoisotopic (exact) mass is 423 g/mol. The van der Waals surface area contributed by atoms with Crippen LogP contribution in [0.5, 0.6) is 5.75 Å². The average Bonchev–Trinajstić information content (AvgIpc) is 3.28. The van der Waals surface area contributed by atoms with E-state index < -0.39 is 4.92 Å². The second-order valence-electron chi connectivity index (χ2n) is 7.28. The molecule has 1 aliphatic heterocycles. The fourth-order valence-corrected chi connectivity index (χ4v) is 3.74. The zero-order valence-electron chi connectivity index (χ0n) is 16.5. The molecule has 2 aromatic carbocycles. The lowest BCUT2D eigenvalue weighted by Crippen LogP contribution is -2.25. The number of nitrogens with zero attached hydrogens (tertiary/aromatic N) is 3. The van der Waals surface area contributed by atoms with Crippen molar-refractivity contribution in [2.45, 2.75) is 12.8 Å². The topological polar surface area (TPSA) is 68.5 Å². The van der Waals surface area contributed by atoms with Crippen LogP contribution in [0.1, 0.15) is 12.8 Å². The Morgan fingerprint density at radius 2 is 1.70 bits per heavy atom. The molecule has 0 N–H and O–H groups in total. The lowest BCUT2D eigenvalue weighted by atomic mass is 10.1. The number of nitro benzene ring substituents is 1. The SMILES string of the molecule is O=[N+]([O-])c1cc(-c2ccc(-c3ccc(Cl)cc3)cn2)ccc1OCCN1CCCC1. The van der Waals surface area contributed by atoms with E-state index in [-0.39, 0.29) is 5.69 Å². The molecule has 30 heavy (non-hydrogen) atoms.